The first-order valence-electron chi connectivity index (χ1n) is 10.1. The molecule has 0 spiro atoms. The van der Waals surface area contributed by atoms with Crippen molar-refractivity contribution in [3.05, 3.63) is 23.9 Å². The Kier molecular flexibility index (Phi) is 6.77. The van der Waals surface area contributed by atoms with Gasteiger partial charge in [-0.1, -0.05) is 12.8 Å². The Morgan fingerprint density at radius 2 is 1.83 bits per heavy atom. The molecular formula is C20H27F3N4O2. The number of rotatable bonds is 4. The number of nitrogens with two attached hydrogens (primary N) is 1. The number of nitrogens with one attached hydrogen (secondary N) is 1. The summed E-state index contributed by atoms with van der Waals surface area (Å²) in [6.07, 6.45) is 1.82. The van der Waals surface area contributed by atoms with Crippen molar-refractivity contribution in [3.63, 3.8) is 0 Å². The fourth-order valence-corrected chi connectivity index (χ4v) is 4.15. The zero-order chi connectivity index (χ0) is 21.0. The molecule has 0 aromatic carbocycles. The van der Waals surface area contributed by atoms with Gasteiger partial charge in [-0.05, 0) is 43.7 Å². The van der Waals surface area contributed by atoms with Gasteiger partial charge in [0.05, 0.1) is 11.5 Å². The van der Waals surface area contributed by atoms with Crippen LogP contribution in [0.15, 0.2) is 18.3 Å². The maximum absolute atomic E-state index is 12.7. The van der Waals surface area contributed by atoms with Crippen LogP contribution in [0.25, 0.3) is 0 Å². The number of aromatic nitrogens is 1. The summed E-state index contributed by atoms with van der Waals surface area (Å²) in [5.41, 5.74) is 5.26. The highest BCUT2D eigenvalue weighted by Crippen LogP contribution is 2.30. The predicted molar refractivity (Wildman–Crippen MR) is 102 cm³/mol. The Labute approximate surface area is 168 Å². The maximum atomic E-state index is 12.7. The average molecular weight is 412 g/mol. The molecule has 0 unspecified atom stereocenters. The number of anilines is 1. The second-order valence-electron chi connectivity index (χ2n) is 8.01. The largest absolute Gasteiger partial charge is 0.417 e. The molecule has 2 amide bonds. The molecule has 0 bridgehead atoms. The first-order valence-corrected chi connectivity index (χ1v) is 10.1. The van der Waals surface area contributed by atoms with Gasteiger partial charge in [0.2, 0.25) is 11.8 Å². The number of piperidine rings is 1. The lowest BCUT2D eigenvalue weighted by atomic mass is 9.83. The number of amides is 2. The number of carbonyl (C=O) groups excluding carboxylic acids is 2. The Morgan fingerprint density at radius 1 is 1.14 bits per heavy atom. The van der Waals surface area contributed by atoms with Gasteiger partial charge in [-0.3, -0.25) is 9.59 Å². The molecule has 0 radical (unpaired) electrons. The van der Waals surface area contributed by atoms with E-state index in [1.165, 1.54) is 0 Å². The first-order chi connectivity index (χ1) is 13.7. The molecule has 1 aromatic heterocycles. The molecule has 1 aliphatic carbocycles. The molecule has 2 aliphatic rings. The number of likely N-dealkylation sites (tertiary alicyclic amines) is 1. The Hall–Kier alpha value is -2.16. The minimum atomic E-state index is -4.46. The third-order valence-corrected chi connectivity index (χ3v) is 5.90. The molecule has 29 heavy (non-hydrogen) atoms. The van der Waals surface area contributed by atoms with Crippen LogP contribution in [-0.2, 0) is 15.8 Å². The van der Waals surface area contributed by atoms with Crippen LogP contribution >= 0.6 is 0 Å². The third-order valence-electron chi connectivity index (χ3n) is 5.90. The fourth-order valence-electron chi connectivity index (χ4n) is 4.15. The van der Waals surface area contributed by atoms with Crippen molar-refractivity contribution in [1.29, 1.82) is 0 Å². The van der Waals surface area contributed by atoms with E-state index >= 15 is 0 Å². The number of hydrogen-bond donors (Lipinski definition) is 2. The van der Waals surface area contributed by atoms with Crippen molar-refractivity contribution >= 4 is 17.6 Å². The summed E-state index contributed by atoms with van der Waals surface area (Å²) in [6.45, 7) is 1.22. The van der Waals surface area contributed by atoms with Crippen molar-refractivity contribution in [2.45, 2.75) is 57.2 Å². The van der Waals surface area contributed by atoms with Crippen LogP contribution in [0.3, 0.4) is 0 Å². The van der Waals surface area contributed by atoms with Crippen LogP contribution in [0.2, 0.25) is 0 Å². The Morgan fingerprint density at radius 3 is 2.41 bits per heavy atom. The highest BCUT2D eigenvalue weighted by Gasteiger charge is 2.34. The van der Waals surface area contributed by atoms with Crippen LogP contribution in [0.4, 0.5) is 19.0 Å². The number of pyridine rings is 1. The van der Waals surface area contributed by atoms with E-state index in [4.69, 9.17) is 5.73 Å². The summed E-state index contributed by atoms with van der Waals surface area (Å²) in [4.78, 5) is 30.4. The smallest absolute Gasteiger partial charge is 0.342 e. The van der Waals surface area contributed by atoms with E-state index in [9.17, 15) is 22.8 Å². The monoisotopic (exact) mass is 412 g/mol. The van der Waals surface area contributed by atoms with Gasteiger partial charge in [-0.15, -0.1) is 0 Å². The quantitative estimate of drug-likeness (QED) is 0.795. The van der Waals surface area contributed by atoms with E-state index in [2.05, 4.69) is 10.3 Å². The van der Waals surface area contributed by atoms with Gasteiger partial charge in [0.25, 0.3) is 0 Å². The van der Waals surface area contributed by atoms with Crippen molar-refractivity contribution in [3.8, 4) is 0 Å². The molecule has 3 N–H and O–H groups in total. The molecule has 2 atom stereocenters. The third kappa shape index (κ3) is 5.68. The first kappa shape index (κ1) is 21.5. The van der Waals surface area contributed by atoms with Crippen molar-refractivity contribution in [1.82, 2.24) is 9.88 Å². The van der Waals surface area contributed by atoms with Crippen LogP contribution < -0.4 is 11.1 Å². The molecule has 3 rings (SSSR count). The van der Waals surface area contributed by atoms with Gasteiger partial charge in [0.15, 0.2) is 0 Å². The van der Waals surface area contributed by atoms with E-state index in [1.54, 1.807) is 0 Å². The normalized spacial score (nSPS) is 23.7. The van der Waals surface area contributed by atoms with Crippen molar-refractivity contribution < 1.29 is 22.8 Å². The van der Waals surface area contributed by atoms with E-state index in [1.807, 2.05) is 4.90 Å². The van der Waals surface area contributed by atoms with Crippen LogP contribution in [0.1, 0.15) is 50.5 Å². The number of alkyl halides is 3. The Balaban J connectivity index is 1.44. The minimum absolute atomic E-state index is 0.0593. The number of halogens is 3. The maximum Gasteiger partial charge on any atom is 0.417 e. The zero-order valence-electron chi connectivity index (χ0n) is 16.3. The summed E-state index contributed by atoms with van der Waals surface area (Å²) in [6, 6.07) is 1.98. The van der Waals surface area contributed by atoms with Crippen LogP contribution in [-0.4, -0.2) is 40.8 Å². The van der Waals surface area contributed by atoms with E-state index in [0.29, 0.717) is 19.3 Å². The second kappa shape index (κ2) is 9.11. The molecule has 160 valence electrons. The molecule has 2 heterocycles. The highest BCUT2D eigenvalue weighted by atomic mass is 19.4. The highest BCUT2D eigenvalue weighted by molar-refractivity contribution is 5.89. The molecule has 1 saturated heterocycles. The fraction of sp³-hybridized carbons (Fsp3) is 0.650. The standard InChI is InChI=1S/C20H27F3N4O2/c21-20(22,23)14-5-6-17(25-12-14)26-18(28)11-13-7-9-27(10-8-13)19(29)15-3-1-2-4-16(15)24/h5-6,12-13,15-16H,1-4,7-11,24H2,(H,25,26,28)/t15-,16-/m1/s1. The minimum Gasteiger partial charge on any atom is -0.342 e. The van der Waals surface area contributed by atoms with Gasteiger partial charge >= 0.3 is 6.18 Å². The lowest BCUT2D eigenvalue weighted by Crippen LogP contribution is -2.48. The van der Waals surface area contributed by atoms with Gasteiger partial charge in [-0.2, -0.15) is 13.2 Å². The molecule has 6 nitrogen and oxygen atoms in total. The van der Waals surface area contributed by atoms with Crippen LogP contribution in [0.5, 0.6) is 0 Å². The topological polar surface area (TPSA) is 88.3 Å². The summed E-state index contributed by atoms with van der Waals surface area (Å²) in [5.74, 6) is -0.00448. The van der Waals surface area contributed by atoms with Crippen molar-refractivity contribution in [2.24, 2.45) is 17.6 Å². The Bertz CT molecular complexity index is 715. The number of hydrogen-bond acceptors (Lipinski definition) is 4. The molecular weight excluding hydrogens is 385 g/mol. The molecule has 1 aliphatic heterocycles. The van der Waals surface area contributed by atoms with Gasteiger partial charge in [0, 0.05) is 31.7 Å². The summed E-state index contributed by atoms with van der Waals surface area (Å²) < 4.78 is 37.7. The average Bonchev–Trinajstić information content (AvgIpc) is 2.68. The predicted octanol–water partition coefficient (Wildman–Crippen LogP) is 3.19. The van der Waals surface area contributed by atoms with E-state index < -0.39 is 11.7 Å². The molecule has 2 fully saturated rings. The molecule has 1 aromatic rings. The van der Waals surface area contributed by atoms with Gasteiger partial charge < -0.3 is 16.0 Å². The molecule has 9 heteroatoms. The van der Waals surface area contributed by atoms with E-state index in [-0.39, 0.29) is 41.9 Å². The summed E-state index contributed by atoms with van der Waals surface area (Å²) in [7, 11) is 0. The summed E-state index contributed by atoms with van der Waals surface area (Å²) in [5, 5.41) is 2.54. The van der Waals surface area contributed by atoms with E-state index in [0.717, 1.165) is 50.7 Å². The summed E-state index contributed by atoms with van der Waals surface area (Å²) >= 11 is 0. The van der Waals surface area contributed by atoms with Gasteiger partial charge in [-0.25, -0.2) is 4.98 Å². The number of nitrogens with zero attached hydrogens (tertiary/aromatic N) is 2. The molecule has 1 saturated carbocycles. The van der Waals surface area contributed by atoms with Gasteiger partial charge in [0.1, 0.15) is 5.82 Å². The van der Waals surface area contributed by atoms with Crippen molar-refractivity contribution in [2.75, 3.05) is 18.4 Å². The lowest BCUT2D eigenvalue weighted by molar-refractivity contribution is -0.139. The zero-order valence-corrected chi connectivity index (χ0v) is 16.3. The second-order valence-corrected chi connectivity index (χ2v) is 8.01. The van der Waals surface area contributed by atoms with Crippen LogP contribution in [0, 0.1) is 11.8 Å². The number of carbonyl (C=O) groups is 2. The SMILES string of the molecule is N[C@@H]1CCCC[C@H]1C(=O)N1CCC(CC(=O)Nc2ccc(C(F)(F)F)cn2)CC1. The lowest BCUT2D eigenvalue weighted by Gasteiger charge is -2.37.